The van der Waals surface area contributed by atoms with Crippen molar-refractivity contribution in [3.8, 4) is 0 Å². The molecule has 0 aliphatic carbocycles. The Bertz CT molecular complexity index is 776. The van der Waals surface area contributed by atoms with Gasteiger partial charge in [-0.3, -0.25) is 4.90 Å². The van der Waals surface area contributed by atoms with Gasteiger partial charge in [0.15, 0.2) is 5.69 Å². The van der Waals surface area contributed by atoms with Crippen LogP contribution in [0.3, 0.4) is 0 Å². The van der Waals surface area contributed by atoms with Gasteiger partial charge in [0, 0.05) is 11.4 Å². The van der Waals surface area contributed by atoms with Crippen LogP contribution in [0.4, 0.5) is 0 Å². The third kappa shape index (κ3) is 3.88. The van der Waals surface area contributed by atoms with Crippen LogP contribution in [-0.4, -0.2) is 21.0 Å². The molecule has 3 rings (SSSR count). The average Bonchev–Trinajstić information content (AvgIpc) is 3.23. The van der Waals surface area contributed by atoms with E-state index in [0.717, 1.165) is 12.3 Å². The summed E-state index contributed by atoms with van der Waals surface area (Å²) in [5.74, 6) is 0.124. The fourth-order valence-electron chi connectivity index (χ4n) is 2.23. The molecule has 23 heavy (non-hydrogen) atoms. The Hall–Kier alpha value is -2.38. The minimum atomic E-state index is -1.09. The van der Waals surface area contributed by atoms with E-state index in [4.69, 9.17) is 13.9 Å². The summed E-state index contributed by atoms with van der Waals surface area (Å²) in [5, 5.41) is 11.0. The highest BCUT2D eigenvalue weighted by molar-refractivity contribution is 7.10. The van der Waals surface area contributed by atoms with Gasteiger partial charge in [-0.25, -0.2) is 9.78 Å². The number of hydrogen-bond donors (Lipinski definition) is 1. The first-order valence-corrected chi connectivity index (χ1v) is 7.95. The number of aromatic nitrogens is 1. The van der Waals surface area contributed by atoms with Crippen LogP contribution in [0.2, 0.25) is 0 Å². The van der Waals surface area contributed by atoms with E-state index in [0.29, 0.717) is 19.0 Å². The molecule has 3 aromatic rings. The highest BCUT2D eigenvalue weighted by atomic mass is 32.1. The monoisotopic (exact) mass is 332 g/mol. The van der Waals surface area contributed by atoms with E-state index in [1.165, 1.54) is 16.7 Å². The van der Waals surface area contributed by atoms with Gasteiger partial charge in [-0.15, -0.1) is 11.3 Å². The second kappa shape index (κ2) is 6.80. The Kier molecular flexibility index (Phi) is 4.59. The number of furan rings is 1. The predicted molar refractivity (Wildman–Crippen MR) is 84.2 cm³/mol. The lowest BCUT2D eigenvalue weighted by atomic mass is 10.2. The van der Waals surface area contributed by atoms with Crippen molar-refractivity contribution in [2.75, 3.05) is 0 Å². The summed E-state index contributed by atoms with van der Waals surface area (Å²) in [5.41, 5.74) is 1.16. The standard InChI is InChI=1S/C16H16N2O4S/c1-11-4-6-23-14(11)8-18(7-12-3-2-5-21-12)9-15-17-13(10-22-15)16(19)20/h2-6,10H,7-9H2,1H3,(H,19,20). The van der Waals surface area contributed by atoms with Crippen LogP contribution in [0.5, 0.6) is 0 Å². The molecule has 0 spiro atoms. The zero-order valence-electron chi connectivity index (χ0n) is 12.6. The molecular formula is C16H16N2O4S. The number of hydrogen-bond acceptors (Lipinski definition) is 6. The molecular weight excluding hydrogens is 316 g/mol. The molecule has 0 aliphatic heterocycles. The Morgan fingerprint density at radius 1 is 1.30 bits per heavy atom. The van der Waals surface area contributed by atoms with E-state index in [1.54, 1.807) is 17.6 Å². The van der Waals surface area contributed by atoms with Crippen LogP contribution >= 0.6 is 11.3 Å². The maximum Gasteiger partial charge on any atom is 0.357 e. The van der Waals surface area contributed by atoms with Gasteiger partial charge in [-0.1, -0.05) is 0 Å². The smallest absolute Gasteiger partial charge is 0.357 e. The van der Waals surface area contributed by atoms with Gasteiger partial charge in [0.1, 0.15) is 12.0 Å². The van der Waals surface area contributed by atoms with Crippen molar-refractivity contribution in [3.05, 3.63) is 63.9 Å². The Morgan fingerprint density at radius 3 is 2.78 bits per heavy atom. The molecule has 1 N–H and O–H groups in total. The van der Waals surface area contributed by atoms with Crippen molar-refractivity contribution in [3.63, 3.8) is 0 Å². The van der Waals surface area contributed by atoms with E-state index < -0.39 is 5.97 Å². The first-order chi connectivity index (χ1) is 11.1. The lowest BCUT2D eigenvalue weighted by molar-refractivity contribution is 0.0690. The molecule has 0 aliphatic rings. The fraction of sp³-hybridized carbons (Fsp3) is 0.250. The molecule has 0 bridgehead atoms. The quantitative estimate of drug-likeness (QED) is 0.713. The largest absolute Gasteiger partial charge is 0.476 e. The molecule has 0 unspecified atom stereocenters. The van der Waals surface area contributed by atoms with Crippen molar-refractivity contribution < 1.29 is 18.7 Å². The van der Waals surface area contributed by atoms with Crippen molar-refractivity contribution >= 4 is 17.3 Å². The van der Waals surface area contributed by atoms with Gasteiger partial charge in [0.05, 0.1) is 19.4 Å². The fourth-order valence-corrected chi connectivity index (χ4v) is 3.18. The lowest BCUT2D eigenvalue weighted by Crippen LogP contribution is -2.22. The van der Waals surface area contributed by atoms with Crippen LogP contribution in [0.15, 0.2) is 44.9 Å². The van der Waals surface area contributed by atoms with Gasteiger partial charge >= 0.3 is 5.97 Å². The Morgan fingerprint density at radius 2 is 2.17 bits per heavy atom. The molecule has 3 heterocycles. The minimum absolute atomic E-state index is 0.0785. The number of aromatic carboxylic acids is 1. The first kappa shape index (κ1) is 15.5. The molecule has 120 valence electrons. The summed E-state index contributed by atoms with van der Waals surface area (Å²) in [6.07, 6.45) is 2.80. The van der Waals surface area contributed by atoms with Gasteiger partial charge in [-0.05, 0) is 36.1 Å². The molecule has 0 radical (unpaired) electrons. The number of aryl methyl sites for hydroxylation is 1. The van der Waals surface area contributed by atoms with Gasteiger partial charge in [0.2, 0.25) is 5.89 Å². The second-order valence-electron chi connectivity index (χ2n) is 5.18. The van der Waals surface area contributed by atoms with Crippen molar-refractivity contribution in [2.45, 2.75) is 26.6 Å². The average molecular weight is 332 g/mol. The van der Waals surface area contributed by atoms with Crippen LogP contribution in [0.1, 0.15) is 32.6 Å². The Labute approximate surface area is 137 Å². The van der Waals surface area contributed by atoms with Gasteiger partial charge < -0.3 is 13.9 Å². The third-order valence-electron chi connectivity index (χ3n) is 3.42. The van der Waals surface area contributed by atoms with Gasteiger partial charge in [-0.2, -0.15) is 0 Å². The van der Waals surface area contributed by atoms with E-state index in [2.05, 4.69) is 28.3 Å². The van der Waals surface area contributed by atoms with Crippen LogP contribution in [-0.2, 0) is 19.6 Å². The molecule has 7 heteroatoms. The molecule has 6 nitrogen and oxygen atoms in total. The number of nitrogens with zero attached hydrogens (tertiary/aromatic N) is 2. The zero-order chi connectivity index (χ0) is 16.2. The van der Waals surface area contributed by atoms with E-state index in [9.17, 15) is 4.79 Å². The minimum Gasteiger partial charge on any atom is -0.476 e. The van der Waals surface area contributed by atoms with Crippen LogP contribution in [0.25, 0.3) is 0 Å². The predicted octanol–water partition coefficient (Wildman–Crippen LogP) is 3.54. The summed E-state index contributed by atoms with van der Waals surface area (Å²) in [4.78, 5) is 18.3. The summed E-state index contributed by atoms with van der Waals surface area (Å²) < 4.78 is 10.7. The van der Waals surface area contributed by atoms with Crippen LogP contribution in [0, 0.1) is 6.92 Å². The highest BCUT2D eigenvalue weighted by Crippen LogP contribution is 2.21. The Balaban J connectivity index is 1.76. The maximum atomic E-state index is 10.9. The van der Waals surface area contributed by atoms with Gasteiger partial charge in [0.25, 0.3) is 0 Å². The summed E-state index contributed by atoms with van der Waals surface area (Å²) in [6.45, 7) is 3.79. The number of carbonyl (C=O) groups is 1. The number of oxazole rings is 1. The lowest BCUT2D eigenvalue weighted by Gasteiger charge is -2.19. The van der Waals surface area contributed by atoms with Crippen molar-refractivity contribution in [1.82, 2.24) is 9.88 Å². The molecule has 0 saturated heterocycles. The molecule has 3 aromatic heterocycles. The zero-order valence-corrected chi connectivity index (χ0v) is 13.4. The summed E-state index contributed by atoms with van der Waals surface area (Å²) in [7, 11) is 0. The normalized spacial score (nSPS) is 11.2. The van der Waals surface area contributed by atoms with E-state index in [-0.39, 0.29) is 5.69 Å². The number of rotatable bonds is 7. The van der Waals surface area contributed by atoms with E-state index in [1.807, 2.05) is 12.1 Å². The third-order valence-corrected chi connectivity index (χ3v) is 4.43. The van der Waals surface area contributed by atoms with E-state index >= 15 is 0 Å². The highest BCUT2D eigenvalue weighted by Gasteiger charge is 2.16. The molecule has 0 aromatic carbocycles. The first-order valence-electron chi connectivity index (χ1n) is 7.07. The van der Waals surface area contributed by atoms with Crippen LogP contribution < -0.4 is 0 Å². The number of carboxylic acids is 1. The second-order valence-corrected chi connectivity index (χ2v) is 6.18. The summed E-state index contributed by atoms with van der Waals surface area (Å²) >= 11 is 1.69. The molecule has 0 amide bonds. The molecule has 0 saturated carbocycles. The van der Waals surface area contributed by atoms with Crippen molar-refractivity contribution in [1.29, 1.82) is 0 Å². The molecule has 0 fully saturated rings. The topological polar surface area (TPSA) is 79.7 Å². The SMILES string of the molecule is Cc1ccsc1CN(Cc1ccco1)Cc1nc(C(=O)O)co1. The number of thiophene rings is 1. The number of carboxylic acid groups (broad SMARTS) is 1. The maximum absolute atomic E-state index is 10.9. The molecule has 0 atom stereocenters. The summed E-state index contributed by atoms with van der Waals surface area (Å²) in [6, 6.07) is 5.84. The van der Waals surface area contributed by atoms with Crippen molar-refractivity contribution in [2.24, 2.45) is 0 Å².